The first-order chi connectivity index (χ1) is 6.26. The Kier molecular flexibility index (Phi) is 2.03. The summed E-state index contributed by atoms with van der Waals surface area (Å²) in [5, 5.41) is 0. The molecule has 0 radical (unpaired) electrons. The zero-order chi connectivity index (χ0) is 9.42. The Morgan fingerprint density at radius 3 is 2.69 bits per heavy atom. The third-order valence-corrected chi connectivity index (χ3v) is 3.39. The standard InChI is InChI=1S/C11H14O2/c1-3-7-4-8-5-9(8)6-10(7)11(12)13-2/h1,7-10H,4-6H2,2H3/t7-,8-,9-,10-/m1/s1. The number of esters is 1. The molecule has 0 aromatic carbocycles. The highest BCUT2D eigenvalue weighted by molar-refractivity contribution is 5.73. The highest BCUT2D eigenvalue weighted by Gasteiger charge is 2.48. The number of fused-ring (bicyclic) bond motifs is 1. The van der Waals surface area contributed by atoms with Crippen molar-refractivity contribution in [2.45, 2.75) is 19.3 Å². The summed E-state index contributed by atoms with van der Waals surface area (Å²) in [6.45, 7) is 0. The van der Waals surface area contributed by atoms with Crippen molar-refractivity contribution in [3.63, 3.8) is 0 Å². The van der Waals surface area contributed by atoms with Crippen molar-refractivity contribution in [3.05, 3.63) is 0 Å². The van der Waals surface area contributed by atoms with Gasteiger partial charge in [-0.2, -0.15) is 0 Å². The minimum absolute atomic E-state index is 0.0289. The van der Waals surface area contributed by atoms with E-state index in [1.807, 2.05) is 0 Å². The normalized spacial score (nSPS) is 41.5. The second kappa shape index (κ2) is 3.06. The van der Waals surface area contributed by atoms with Crippen LogP contribution in [0.4, 0.5) is 0 Å². The fraction of sp³-hybridized carbons (Fsp3) is 0.727. The van der Waals surface area contributed by atoms with Gasteiger partial charge in [0.25, 0.3) is 0 Å². The van der Waals surface area contributed by atoms with E-state index in [9.17, 15) is 4.79 Å². The van der Waals surface area contributed by atoms with E-state index in [1.165, 1.54) is 13.5 Å². The molecule has 2 aliphatic carbocycles. The molecule has 0 bridgehead atoms. The molecule has 0 unspecified atom stereocenters. The third kappa shape index (κ3) is 1.44. The molecule has 2 fully saturated rings. The van der Waals surface area contributed by atoms with Crippen molar-refractivity contribution >= 4 is 5.97 Å². The van der Waals surface area contributed by atoms with Crippen molar-refractivity contribution in [2.24, 2.45) is 23.7 Å². The Bertz CT molecular complexity index is 264. The minimum Gasteiger partial charge on any atom is -0.469 e. The molecule has 0 saturated heterocycles. The van der Waals surface area contributed by atoms with Gasteiger partial charge in [-0.15, -0.1) is 12.3 Å². The summed E-state index contributed by atoms with van der Waals surface area (Å²) in [5.41, 5.74) is 0. The van der Waals surface area contributed by atoms with Gasteiger partial charge in [-0.25, -0.2) is 0 Å². The van der Waals surface area contributed by atoms with Gasteiger partial charge in [-0.1, -0.05) is 0 Å². The maximum absolute atomic E-state index is 11.4. The van der Waals surface area contributed by atoms with E-state index in [0.29, 0.717) is 0 Å². The maximum atomic E-state index is 11.4. The predicted molar refractivity (Wildman–Crippen MR) is 48.7 cm³/mol. The quantitative estimate of drug-likeness (QED) is 0.449. The molecular formula is C11H14O2. The van der Waals surface area contributed by atoms with Gasteiger partial charge in [0, 0.05) is 5.92 Å². The van der Waals surface area contributed by atoms with E-state index in [-0.39, 0.29) is 17.8 Å². The summed E-state index contributed by atoms with van der Waals surface area (Å²) >= 11 is 0. The maximum Gasteiger partial charge on any atom is 0.309 e. The number of ether oxygens (including phenoxy) is 1. The molecule has 2 rings (SSSR count). The third-order valence-electron chi connectivity index (χ3n) is 3.39. The number of hydrogen-bond donors (Lipinski definition) is 0. The van der Waals surface area contributed by atoms with Crippen LogP contribution in [0.3, 0.4) is 0 Å². The first kappa shape index (κ1) is 8.62. The molecule has 4 atom stereocenters. The Balaban J connectivity index is 2.07. The van der Waals surface area contributed by atoms with Crippen LogP contribution >= 0.6 is 0 Å². The Morgan fingerprint density at radius 2 is 2.08 bits per heavy atom. The van der Waals surface area contributed by atoms with Gasteiger partial charge < -0.3 is 4.74 Å². The molecular weight excluding hydrogens is 164 g/mol. The summed E-state index contributed by atoms with van der Waals surface area (Å²) in [5.74, 6) is 4.27. The average Bonchev–Trinajstić information content (AvgIpc) is 2.92. The average molecular weight is 178 g/mol. The van der Waals surface area contributed by atoms with Gasteiger partial charge in [0.2, 0.25) is 0 Å². The fourth-order valence-electron chi connectivity index (χ4n) is 2.46. The molecule has 2 nitrogen and oxygen atoms in total. The Morgan fingerprint density at radius 1 is 1.38 bits per heavy atom. The van der Waals surface area contributed by atoms with Crippen molar-refractivity contribution < 1.29 is 9.53 Å². The number of hydrogen-bond acceptors (Lipinski definition) is 2. The molecule has 13 heavy (non-hydrogen) atoms. The van der Waals surface area contributed by atoms with Crippen LogP contribution in [0.25, 0.3) is 0 Å². The van der Waals surface area contributed by atoms with Crippen LogP contribution in [0.15, 0.2) is 0 Å². The zero-order valence-corrected chi connectivity index (χ0v) is 7.82. The summed E-state index contributed by atoms with van der Waals surface area (Å²) in [7, 11) is 1.44. The van der Waals surface area contributed by atoms with E-state index >= 15 is 0 Å². The van der Waals surface area contributed by atoms with Gasteiger partial charge in [0.15, 0.2) is 0 Å². The molecule has 0 amide bonds. The molecule has 0 heterocycles. The van der Waals surface area contributed by atoms with Crippen LogP contribution in [0.2, 0.25) is 0 Å². The first-order valence-corrected chi connectivity index (χ1v) is 4.80. The smallest absolute Gasteiger partial charge is 0.309 e. The van der Waals surface area contributed by atoms with Crippen LogP contribution in [0.1, 0.15) is 19.3 Å². The van der Waals surface area contributed by atoms with Crippen LogP contribution in [-0.2, 0) is 9.53 Å². The second-order valence-electron chi connectivity index (χ2n) is 4.13. The van der Waals surface area contributed by atoms with E-state index in [1.54, 1.807) is 0 Å². The van der Waals surface area contributed by atoms with Crippen LogP contribution < -0.4 is 0 Å². The molecule has 2 aliphatic rings. The van der Waals surface area contributed by atoms with Gasteiger partial charge in [0.05, 0.1) is 13.0 Å². The molecule has 0 N–H and O–H groups in total. The monoisotopic (exact) mass is 178 g/mol. The highest BCUT2D eigenvalue weighted by atomic mass is 16.5. The molecule has 0 aromatic rings. The fourth-order valence-corrected chi connectivity index (χ4v) is 2.46. The Labute approximate surface area is 78.7 Å². The summed E-state index contributed by atoms with van der Waals surface area (Å²) in [4.78, 5) is 11.4. The number of carbonyl (C=O) groups excluding carboxylic acids is 1. The molecule has 2 saturated carbocycles. The molecule has 2 heteroatoms. The van der Waals surface area contributed by atoms with E-state index in [2.05, 4.69) is 5.92 Å². The topological polar surface area (TPSA) is 26.3 Å². The minimum atomic E-state index is -0.117. The highest BCUT2D eigenvalue weighted by Crippen LogP contribution is 2.53. The van der Waals surface area contributed by atoms with Gasteiger partial charge in [-0.3, -0.25) is 4.79 Å². The zero-order valence-electron chi connectivity index (χ0n) is 7.82. The first-order valence-electron chi connectivity index (χ1n) is 4.80. The van der Waals surface area contributed by atoms with E-state index in [0.717, 1.165) is 24.7 Å². The molecule has 0 spiro atoms. The lowest BCUT2D eigenvalue weighted by atomic mass is 9.80. The lowest BCUT2D eigenvalue weighted by Gasteiger charge is -2.24. The summed E-state index contributed by atoms with van der Waals surface area (Å²) < 4.78 is 4.75. The Hall–Kier alpha value is -0.970. The van der Waals surface area contributed by atoms with Crippen molar-refractivity contribution in [1.82, 2.24) is 0 Å². The SMILES string of the molecule is C#C[C@@H]1C[C@@H]2C[C@@H]2C[C@H]1C(=O)OC. The summed E-state index contributed by atoms with van der Waals surface area (Å²) in [6.07, 6.45) is 8.66. The molecule has 0 aliphatic heterocycles. The molecule has 70 valence electrons. The number of carbonyl (C=O) groups is 1. The number of terminal acetylenes is 1. The van der Waals surface area contributed by atoms with Crippen molar-refractivity contribution in [2.75, 3.05) is 7.11 Å². The second-order valence-corrected chi connectivity index (χ2v) is 4.13. The number of rotatable bonds is 1. The summed E-state index contributed by atoms with van der Waals surface area (Å²) in [6, 6.07) is 0. The predicted octanol–water partition coefficient (Wildman–Crippen LogP) is 1.45. The largest absolute Gasteiger partial charge is 0.469 e. The van der Waals surface area contributed by atoms with Crippen LogP contribution in [-0.4, -0.2) is 13.1 Å². The molecule has 0 aromatic heterocycles. The van der Waals surface area contributed by atoms with Crippen molar-refractivity contribution in [1.29, 1.82) is 0 Å². The van der Waals surface area contributed by atoms with E-state index in [4.69, 9.17) is 11.2 Å². The lowest BCUT2D eigenvalue weighted by molar-refractivity contribution is -0.147. The van der Waals surface area contributed by atoms with Crippen molar-refractivity contribution in [3.8, 4) is 12.3 Å². The van der Waals surface area contributed by atoms with Crippen LogP contribution in [0.5, 0.6) is 0 Å². The van der Waals surface area contributed by atoms with E-state index < -0.39 is 0 Å². The lowest BCUT2D eigenvalue weighted by Crippen LogP contribution is -2.28. The van der Waals surface area contributed by atoms with Gasteiger partial charge in [-0.05, 0) is 31.1 Å². The van der Waals surface area contributed by atoms with Gasteiger partial charge in [0.1, 0.15) is 0 Å². The van der Waals surface area contributed by atoms with Crippen LogP contribution in [0, 0.1) is 36.0 Å². The number of methoxy groups -OCH3 is 1. The van der Waals surface area contributed by atoms with Gasteiger partial charge >= 0.3 is 5.97 Å².